The van der Waals surface area contributed by atoms with Gasteiger partial charge in [0.25, 0.3) is 0 Å². The summed E-state index contributed by atoms with van der Waals surface area (Å²) in [6.07, 6.45) is 1.66. The van der Waals surface area contributed by atoms with Crippen molar-refractivity contribution < 1.29 is 4.52 Å². The van der Waals surface area contributed by atoms with Gasteiger partial charge in [-0.15, -0.1) is 0 Å². The molecule has 2 aromatic heterocycles. The van der Waals surface area contributed by atoms with Gasteiger partial charge in [-0.3, -0.25) is 0 Å². The summed E-state index contributed by atoms with van der Waals surface area (Å²) < 4.78 is 5.14. The molecule has 0 fully saturated rings. The minimum atomic E-state index is -0.251. The monoisotopic (exact) mass is 233 g/mol. The van der Waals surface area contributed by atoms with Gasteiger partial charge in [0, 0.05) is 6.20 Å². The van der Waals surface area contributed by atoms with Crippen LogP contribution >= 0.6 is 0 Å². The zero-order valence-electron chi connectivity index (χ0n) is 10.1. The molecule has 0 bridgehead atoms. The van der Waals surface area contributed by atoms with E-state index in [-0.39, 0.29) is 12.0 Å². The summed E-state index contributed by atoms with van der Waals surface area (Å²) in [5.41, 5.74) is 6.57. The lowest BCUT2D eigenvalue weighted by atomic mass is 10.1. The fourth-order valence-corrected chi connectivity index (χ4v) is 1.34. The van der Waals surface area contributed by atoms with E-state index in [4.69, 9.17) is 10.3 Å². The van der Waals surface area contributed by atoms with Gasteiger partial charge in [0.2, 0.25) is 11.7 Å². The Hall–Kier alpha value is -1.82. The molecule has 0 aliphatic heterocycles. The zero-order chi connectivity index (χ0) is 12.4. The van der Waals surface area contributed by atoms with Crippen LogP contribution in [0.1, 0.15) is 31.6 Å². The highest BCUT2D eigenvalue weighted by atomic mass is 16.5. The van der Waals surface area contributed by atoms with E-state index >= 15 is 0 Å². The summed E-state index contributed by atoms with van der Waals surface area (Å²) in [6, 6.07) is 1.49. The Labute approximate surface area is 99.3 Å². The molecule has 1 atom stereocenters. The smallest absolute Gasteiger partial charge is 0.244 e. The van der Waals surface area contributed by atoms with Crippen molar-refractivity contribution in [3.8, 4) is 11.5 Å². The average molecular weight is 233 g/mol. The Morgan fingerprint density at radius 2 is 2.06 bits per heavy atom. The number of hydrogen-bond acceptors (Lipinski definition) is 6. The maximum Gasteiger partial charge on any atom is 0.244 e. The van der Waals surface area contributed by atoms with Crippen LogP contribution in [0.3, 0.4) is 0 Å². The van der Waals surface area contributed by atoms with Crippen molar-refractivity contribution in [3.63, 3.8) is 0 Å². The lowest BCUT2D eigenvalue weighted by molar-refractivity contribution is 0.325. The molecule has 0 radical (unpaired) electrons. The van der Waals surface area contributed by atoms with Gasteiger partial charge in [-0.05, 0) is 18.9 Å². The number of aryl methyl sites for hydroxylation is 1. The fourth-order valence-electron chi connectivity index (χ4n) is 1.34. The minimum Gasteiger partial charge on any atom is -0.337 e. The van der Waals surface area contributed by atoms with E-state index < -0.39 is 0 Å². The van der Waals surface area contributed by atoms with Crippen LogP contribution in [0.4, 0.5) is 0 Å². The van der Waals surface area contributed by atoms with Gasteiger partial charge in [-0.2, -0.15) is 4.98 Å². The Morgan fingerprint density at radius 3 is 2.71 bits per heavy atom. The van der Waals surface area contributed by atoms with Crippen LogP contribution in [0, 0.1) is 12.8 Å². The van der Waals surface area contributed by atoms with Crippen molar-refractivity contribution in [2.24, 2.45) is 11.7 Å². The van der Waals surface area contributed by atoms with Crippen molar-refractivity contribution in [2.45, 2.75) is 26.8 Å². The lowest BCUT2D eigenvalue weighted by Gasteiger charge is -2.09. The van der Waals surface area contributed by atoms with Crippen molar-refractivity contribution in [1.82, 2.24) is 20.1 Å². The quantitative estimate of drug-likeness (QED) is 0.863. The second-order valence-corrected chi connectivity index (χ2v) is 4.22. The van der Waals surface area contributed by atoms with E-state index in [1.54, 1.807) is 12.3 Å². The fraction of sp³-hybridized carbons (Fsp3) is 0.455. The van der Waals surface area contributed by atoms with E-state index in [1.807, 2.05) is 20.8 Å². The van der Waals surface area contributed by atoms with Crippen molar-refractivity contribution in [3.05, 3.63) is 24.0 Å². The summed E-state index contributed by atoms with van der Waals surface area (Å²) in [4.78, 5) is 12.5. The van der Waals surface area contributed by atoms with Gasteiger partial charge in [0.05, 0.1) is 6.04 Å². The second kappa shape index (κ2) is 4.58. The van der Waals surface area contributed by atoms with Crippen LogP contribution in [-0.2, 0) is 0 Å². The summed E-state index contributed by atoms with van der Waals surface area (Å²) in [5.74, 6) is 1.80. The largest absolute Gasteiger partial charge is 0.337 e. The molecule has 0 aliphatic rings. The third-order valence-corrected chi connectivity index (χ3v) is 2.45. The Morgan fingerprint density at radius 1 is 1.29 bits per heavy atom. The number of nitrogens with zero attached hydrogens (tertiary/aromatic N) is 4. The molecule has 0 amide bonds. The van der Waals surface area contributed by atoms with E-state index in [1.165, 1.54) is 0 Å². The topological polar surface area (TPSA) is 90.7 Å². The summed E-state index contributed by atoms with van der Waals surface area (Å²) in [7, 11) is 0. The first-order valence-corrected chi connectivity index (χ1v) is 5.47. The van der Waals surface area contributed by atoms with Crippen LogP contribution in [0.15, 0.2) is 16.8 Å². The molecule has 2 rings (SSSR count). The Bertz CT molecular complexity index is 508. The molecule has 0 saturated heterocycles. The highest BCUT2D eigenvalue weighted by Gasteiger charge is 2.19. The van der Waals surface area contributed by atoms with E-state index in [0.717, 1.165) is 0 Å². The SMILES string of the molecule is Cc1nccc(-c2noc([C@@H](N)C(C)C)n2)n1. The molecular formula is C11H15N5O. The molecule has 6 nitrogen and oxygen atoms in total. The normalized spacial score (nSPS) is 13.0. The van der Waals surface area contributed by atoms with Crippen LogP contribution in [0.2, 0.25) is 0 Å². The molecule has 0 unspecified atom stereocenters. The maximum absolute atomic E-state index is 5.93. The molecule has 0 aromatic carbocycles. The van der Waals surface area contributed by atoms with Crippen LogP contribution in [0.25, 0.3) is 11.5 Å². The molecule has 2 aromatic rings. The first kappa shape index (κ1) is 11.7. The van der Waals surface area contributed by atoms with E-state index in [2.05, 4.69) is 20.1 Å². The molecule has 0 spiro atoms. The van der Waals surface area contributed by atoms with E-state index in [0.29, 0.717) is 23.2 Å². The Kier molecular flexibility index (Phi) is 3.14. The van der Waals surface area contributed by atoms with Gasteiger partial charge in [0.1, 0.15) is 11.5 Å². The first-order chi connectivity index (χ1) is 8.08. The molecule has 2 heterocycles. The summed E-state index contributed by atoms with van der Waals surface area (Å²) in [5, 5.41) is 3.87. The number of aromatic nitrogens is 4. The number of nitrogens with two attached hydrogens (primary N) is 1. The second-order valence-electron chi connectivity index (χ2n) is 4.22. The molecule has 90 valence electrons. The van der Waals surface area contributed by atoms with Gasteiger partial charge in [-0.25, -0.2) is 9.97 Å². The first-order valence-electron chi connectivity index (χ1n) is 5.47. The molecule has 17 heavy (non-hydrogen) atoms. The van der Waals surface area contributed by atoms with Crippen molar-refractivity contribution in [1.29, 1.82) is 0 Å². The predicted octanol–water partition coefficient (Wildman–Crippen LogP) is 1.49. The zero-order valence-corrected chi connectivity index (χ0v) is 10.1. The van der Waals surface area contributed by atoms with E-state index in [9.17, 15) is 0 Å². The standard InChI is InChI=1S/C11H15N5O/c1-6(2)9(12)11-15-10(16-17-11)8-4-5-13-7(3)14-8/h4-6,9H,12H2,1-3H3/t9-/m0/s1. The third-order valence-electron chi connectivity index (χ3n) is 2.45. The minimum absolute atomic E-state index is 0.246. The van der Waals surface area contributed by atoms with Crippen molar-refractivity contribution in [2.75, 3.05) is 0 Å². The molecule has 0 aliphatic carbocycles. The van der Waals surface area contributed by atoms with Gasteiger partial charge in [-0.1, -0.05) is 19.0 Å². The Balaban J connectivity index is 2.30. The molecule has 6 heteroatoms. The van der Waals surface area contributed by atoms with Gasteiger partial charge < -0.3 is 10.3 Å². The summed E-state index contributed by atoms with van der Waals surface area (Å²) >= 11 is 0. The number of rotatable bonds is 3. The van der Waals surface area contributed by atoms with Gasteiger partial charge >= 0.3 is 0 Å². The lowest BCUT2D eigenvalue weighted by Crippen LogP contribution is -2.16. The summed E-state index contributed by atoms with van der Waals surface area (Å²) in [6.45, 7) is 5.82. The average Bonchev–Trinajstić information content (AvgIpc) is 2.77. The van der Waals surface area contributed by atoms with Gasteiger partial charge in [0.15, 0.2) is 0 Å². The highest BCUT2D eigenvalue weighted by molar-refractivity contribution is 5.47. The molecule has 2 N–H and O–H groups in total. The highest BCUT2D eigenvalue weighted by Crippen LogP contribution is 2.20. The maximum atomic E-state index is 5.93. The van der Waals surface area contributed by atoms with Crippen LogP contribution in [0.5, 0.6) is 0 Å². The molecule has 0 saturated carbocycles. The number of hydrogen-bond donors (Lipinski definition) is 1. The predicted molar refractivity (Wildman–Crippen MR) is 61.8 cm³/mol. The van der Waals surface area contributed by atoms with Crippen molar-refractivity contribution >= 4 is 0 Å². The van der Waals surface area contributed by atoms with Crippen LogP contribution < -0.4 is 5.73 Å². The third kappa shape index (κ3) is 2.47. The van der Waals surface area contributed by atoms with Crippen LogP contribution in [-0.4, -0.2) is 20.1 Å². The molecular weight excluding hydrogens is 218 g/mol.